The molecule has 3 amide bonds. The Morgan fingerprint density at radius 3 is 2.63 bits per heavy atom. The van der Waals surface area contributed by atoms with Crippen LogP contribution >= 0.6 is 11.3 Å². The molecule has 2 rings (SSSR count). The minimum atomic E-state index is -0.574. The molecule has 1 unspecified atom stereocenters. The summed E-state index contributed by atoms with van der Waals surface area (Å²) >= 11 is 1.35. The lowest BCUT2D eigenvalue weighted by Crippen LogP contribution is -2.55. The first-order valence-electron chi connectivity index (χ1n) is 9.12. The van der Waals surface area contributed by atoms with Crippen molar-refractivity contribution in [3.63, 3.8) is 0 Å². The van der Waals surface area contributed by atoms with Gasteiger partial charge in [0.2, 0.25) is 11.8 Å². The Labute approximate surface area is 163 Å². The van der Waals surface area contributed by atoms with Crippen LogP contribution in [0, 0.1) is 0 Å². The van der Waals surface area contributed by atoms with Crippen LogP contribution in [-0.4, -0.2) is 86.5 Å². The number of rotatable bonds is 9. The monoisotopic (exact) mass is 396 g/mol. The Morgan fingerprint density at radius 2 is 2.00 bits per heavy atom. The van der Waals surface area contributed by atoms with Crippen molar-refractivity contribution >= 4 is 29.1 Å². The third-order valence-corrected chi connectivity index (χ3v) is 5.23. The van der Waals surface area contributed by atoms with Crippen molar-refractivity contribution < 1.29 is 19.1 Å². The smallest absolute Gasteiger partial charge is 0.261 e. The zero-order valence-electron chi connectivity index (χ0n) is 15.9. The Kier molecular flexibility index (Phi) is 8.70. The zero-order valence-corrected chi connectivity index (χ0v) is 16.7. The third kappa shape index (κ3) is 6.93. The molecule has 2 N–H and O–H groups in total. The first-order chi connectivity index (χ1) is 13.0. The number of carbonyl (C=O) groups is 3. The van der Waals surface area contributed by atoms with E-state index < -0.39 is 6.04 Å². The topological polar surface area (TPSA) is 91.0 Å². The van der Waals surface area contributed by atoms with Crippen molar-refractivity contribution in [1.29, 1.82) is 0 Å². The number of nitrogens with zero attached hydrogens (tertiary/aromatic N) is 2. The van der Waals surface area contributed by atoms with Gasteiger partial charge in [0.25, 0.3) is 5.91 Å². The Morgan fingerprint density at radius 1 is 1.26 bits per heavy atom. The van der Waals surface area contributed by atoms with E-state index in [0.717, 1.165) is 6.42 Å². The van der Waals surface area contributed by atoms with E-state index in [9.17, 15) is 14.4 Å². The molecular weight excluding hydrogens is 368 g/mol. The van der Waals surface area contributed by atoms with Gasteiger partial charge < -0.3 is 20.3 Å². The maximum Gasteiger partial charge on any atom is 0.261 e. The first-order valence-corrected chi connectivity index (χ1v) is 10.0. The fourth-order valence-electron chi connectivity index (χ4n) is 2.84. The molecule has 0 aliphatic carbocycles. The van der Waals surface area contributed by atoms with Gasteiger partial charge in [0.05, 0.1) is 11.4 Å². The molecule has 1 aliphatic heterocycles. The van der Waals surface area contributed by atoms with E-state index in [0.29, 0.717) is 50.8 Å². The predicted molar refractivity (Wildman–Crippen MR) is 104 cm³/mol. The van der Waals surface area contributed by atoms with E-state index >= 15 is 0 Å². The largest absolute Gasteiger partial charge is 0.385 e. The van der Waals surface area contributed by atoms with E-state index in [2.05, 4.69) is 10.6 Å². The predicted octanol–water partition coefficient (Wildman–Crippen LogP) is 0.163. The number of hydrogen-bond donors (Lipinski definition) is 2. The fourth-order valence-corrected chi connectivity index (χ4v) is 3.47. The van der Waals surface area contributed by atoms with Gasteiger partial charge in [0.15, 0.2) is 0 Å². The number of carbonyl (C=O) groups excluding carboxylic acids is 3. The second kappa shape index (κ2) is 11.0. The number of amides is 3. The molecule has 0 bridgehead atoms. The third-order valence-electron chi connectivity index (χ3n) is 4.36. The Hall–Kier alpha value is -1.97. The SMILES string of the molecule is COCCCNC(=O)CN1CCN(C(=O)C(C)NC(=O)c2cccs2)CC1. The maximum atomic E-state index is 12.5. The molecule has 0 aromatic carbocycles. The molecule has 150 valence electrons. The minimum absolute atomic E-state index is 0.0116. The summed E-state index contributed by atoms with van der Waals surface area (Å²) < 4.78 is 4.95. The molecule has 1 saturated heterocycles. The average Bonchev–Trinajstić information content (AvgIpc) is 3.20. The lowest BCUT2D eigenvalue weighted by atomic mass is 10.2. The molecular formula is C18H28N4O4S. The molecule has 9 heteroatoms. The van der Waals surface area contributed by atoms with Crippen LogP contribution in [0.4, 0.5) is 0 Å². The maximum absolute atomic E-state index is 12.5. The lowest BCUT2D eigenvalue weighted by Gasteiger charge is -2.35. The van der Waals surface area contributed by atoms with Gasteiger partial charge in [-0.25, -0.2) is 0 Å². The van der Waals surface area contributed by atoms with Gasteiger partial charge in [0, 0.05) is 46.4 Å². The van der Waals surface area contributed by atoms with Crippen molar-refractivity contribution in [1.82, 2.24) is 20.4 Å². The number of methoxy groups -OCH3 is 1. The Balaban J connectivity index is 1.69. The summed E-state index contributed by atoms with van der Waals surface area (Å²) in [6.07, 6.45) is 0.791. The quantitative estimate of drug-likeness (QED) is 0.581. The molecule has 1 fully saturated rings. The highest BCUT2D eigenvalue weighted by atomic mass is 32.1. The second-order valence-electron chi connectivity index (χ2n) is 6.47. The van der Waals surface area contributed by atoms with Crippen molar-refractivity contribution in [2.45, 2.75) is 19.4 Å². The molecule has 0 saturated carbocycles. The summed E-state index contributed by atoms with van der Waals surface area (Å²) in [5.74, 6) is -0.333. The summed E-state index contributed by atoms with van der Waals surface area (Å²) in [7, 11) is 1.64. The van der Waals surface area contributed by atoms with Gasteiger partial charge in [0.1, 0.15) is 6.04 Å². The molecule has 8 nitrogen and oxygen atoms in total. The van der Waals surface area contributed by atoms with Crippen molar-refractivity contribution in [2.24, 2.45) is 0 Å². The molecule has 1 atom stereocenters. The molecule has 1 aliphatic rings. The number of ether oxygens (including phenoxy) is 1. The van der Waals surface area contributed by atoms with Crippen LogP contribution in [0.1, 0.15) is 23.0 Å². The van der Waals surface area contributed by atoms with E-state index in [4.69, 9.17) is 4.74 Å². The summed E-state index contributed by atoms with van der Waals surface area (Å²) in [5, 5.41) is 7.44. The van der Waals surface area contributed by atoms with E-state index in [1.807, 2.05) is 10.3 Å². The molecule has 2 heterocycles. The van der Waals surface area contributed by atoms with Crippen molar-refractivity contribution in [2.75, 3.05) is 53.0 Å². The molecule has 0 radical (unpaired) electrons. The highest BCUT2D eigenvalue weighted by Crippen LogP contribution is 2.09. The van der Waals surface area contributed by atoms with E-state index in [1.54, 1.807) is 31.1 Å². The fraction of sp³-hybridized carbons (Fsp3) is 0.611. The Bertz CT molecular complexity index is 615. The van der Waals surface area contributed by atoms with Gasteiger partial charge >= 0.3 is 0 Å². The van der Waals surface area contributed by atoms with Crippen molar-refractivity contribution in [3.05, 3.63) is 22.4 Å². The van der Waals surface area contributed by atoms with Gasteiger partial charge in [-0.15, -0.1) is 11.3 Å². The van der Waals surface area contributed by atoms with E-state index in [-0.39, 0.29) is 17.7 Å². The van der Waals surface area contributed by atoms with Crippen LogP contribution in [0.25, 0.3) is 0 Å². The van der Waals surface area contributed by atoms with Crippen LogP contribution in [-0.2, 0) is 14.3 Å². The highest BCUT2D eigenvalue weighted by Gasteiger charge is 2.26. The molecule has 1 aromatic heterocycles. The van der Waals surface area contributed by atoms with Crippen LogP contribution < -0.4 is 10.6 Å². The summed E-state index contributed by atoms with van der Waals surface area (Å²) in [6, 6.07) is 2.96. The summed E-state index contributed by atoms with van der Waals surface area (Å²) in [6.45, 7) is 5.65. The average molecular weight is 397 g/mol. The highest BCUT2D eigenvalue weighted by molar-refractivity contribution is 7.12. The second-order valence-corrected chi connectivity index (χ2v) is 7.42. The minimum Gasteiger partial charge on any atom is -0.385 e. The van der Waals surface area contributed by atoms with Gasteiger partial charge in [-0.3, -0.25) is 19.3 Å². The van der Waals surface area contributed by atoms with Crippen LogP contribution in [0.5, 0.6) is 0 Å². The normalized spacial score (nSPS) is 16.0. The van der Waals surface area contributed by atoms with Crippen molar-refractivity contribution in [3.8, 4) is 0 Å². The molecule has 0 spiro atoms. The number of hydrogen-bond acceptors (Lipinski definition) is 6. The molecule has 1 aromatic rings. The summed E-state index contributed by atoms with van der Waals surface area (Å²) in [5.41, 5.74) is 0. The molecule has 27 heavy (non-hydrogen) atoms. The summed E-state index contributed by atoms with van der Waals surface area (Å²) in [4.78, 5) is 40.9. The van der Waals surface area contributed by atoms with Crippen LogP contribution in [0.3, 0.4) is 0 Å². The number of nitrogens with one attached hydrogen (secondary N) is 2. The standard InChI is InChI=1S/C18H28N4O4S/c1-14(20-17(24)15-5-3-12-27-15)18(25)22-9-7-21(8-10-22)13-16(23)19-6-4-11-26-2/h3,5,12,14H,4,6-11,13H2,1-2H3,(H,19,23)(H,20,24). The van der Waals surface area contributed by atoms with Gasteiger partial charge in [-0.2, -0.15) is 0 Å². The van der Waals surface area contributed by atoms with Crippen LogP contribution in [0.2, 0.25) is 0 Å². The first kappa shape index (κ1) is 21.3. The zero-order chi connectivity index (χ0) is 19.6. The van der Waals surface area contributed by atoms with Crippen LogP contribution in [0.15, 0.2) is 17.5 Å². The lowest BCUT2D eigenvalue weighted by molar-refractivity contribution is -0.134. The van der Waals surface area contributed by atoms with E-state index in [1.165, 1.54) is 11.3 Å². The van der Waals surface area contributed by atoms with Gasteiger partial charge in [-0.1, -0.05) is 6.07 Å². The number of piperazine rings is 1. The van der Waals surface area contributed by atoms with Gasteiger partial charge in [-0.05, 0) is 24.8 Å². The number of thiophene rings is 1.